The van der Waals surface area contributed by atoms with Crippen molar-refractivity contribution < 1.29 is 18.1 Å². The van der Waals surface area contributed by atoms with Gasteiger partial charge in [0.05, 0.1) is 17.7 Å². The molecular weight excluding hydrogens is 360 g/mol. The van der Waals surface area contributed by atoms with E-state index in [2.05, 4.69) is 5.32 Å². The third-order valence-electron chi connectivity index (χ3n) is 4.65. The summed E-state index contributed by atoms with van der Waals surface area (Å²) in [6.07, 6.45) is 2.51. The molecule has 10 heteroatoms. The van der Waals surface area contributed by atoms with E-state index in [9.17, 15) is 23.3 Å². The normalized spacial score (nSPS) is 16.6. The number of benzene rings is 1. The van der Waals surface area contributed by atoms with Gasteiger partial charge in [0.1, 0.15) is 0 Å². The molecule has 9 nitrogen and oxygen atoms in total. The zero-order valence-corrected chi connectivity index (χ0v) is 16.0. The first-order valence-electron chi connectivity index (χ1n) is 8.28. The van der Waals surface area contributed by atoms with Gasteiger partial charge in [0.2, 0.25) is 15.9 Å². The van der Waals surface area contributed by atoms with Crippen molar-refractivity contribution in [3.63, 3.8) is 0 Å². The van der Waals surface area contributed by atoms with E-state index in [1.54, 1.807) is 26.1 Å². The summed E-state index contributed by atoms with van der Waals surface area (Å²) >= 11 is 0. The molecule has 1 aromatic carbocycles. The number of likely N-dealkylation sites (tertiary alicyclic amines) is 1. The van der Waals surface area contributed by atoms with Crippen LogP contribution >= 0.6 is 0 Å². The van der Waals surface area contributed by atoms with Gasteiger partial charge in [-0.25, -0.2) is 12.7 Å². The maximum absolute atomic E-state index is 12.2. The molecule has 0 aliphatic carbocycles. The number of amides is 1. The molecule has 144 valence electrons. The summed E-state index contributed by atoms with van der Waals surface area (Å²) in [5.41, 5.74) is 0.886. The van der Waals surface area contributed by atoms with Gasteiger partial charge in [0.15, 0.2) is 0 Å². The van der Waals surface area contributed by atoms with Crippen molar-refractivity contribution in [2.45, 2.75) is 25.8 Å². The van der Waals surface area contributed by atoms with E-state index >= 15 is 0 Å². The Morgan fingerprint density at radius 3 is 2.54 bits per heavy atom. The van der Waals surface area contributed by atoms with Crippen LogP contribution in [0.15, 0.2) is 18.2 Å². The predicted molar refractivity (Wildman–Crippen MR) is 98.5 cm³/mol. The number of nitro benzene ring substituents is 1. The number of piperidine rings is 1. The van der Waals surface area contributed by atoms with Crippen LogP contribution in [0.5, 0.6) is 0 Å². The van der Waals surface area contributed by atoms with Crippen molar-refractivity contribution in [2.75, 3.05) is 38.3 Å². The summed E-state index contributed by atoms with van der Waals surface area (Å²) in [5, 5.41) is 13.6. The number of aryl methyl sites for hydroxylation is 1. The summed E-state index contributed by atoms with van der Waals surface area (Å²) in [4.78, 5) is 24.6. The Morgan fingerprint density at radius 1 is 1.38 bits per heavy atom. The minimum absolute atomic E-state index is 0.0348. The fourth-order valence-electron chi connectivity index (χ4n) is 3.00. The summed E-state index contributed by atoms with van der Waals surface area (Å²) in [6.45, 7) is 3.04. The molecule has 1 N–H and O–H groups in total. The Balaban J connectivity index is 1.88. The second-order valence-electron chi connectivity index (χ2n) is 6.59. The number of hydrogen-bond acceptors (Lipinski definition) is 6. The Labute approximate surface area is 153 Å². The molecule has 26 heavy (non-hydrogen) atoms. The average molecular weight is 384 g/mol. The van der Waals surface area contributed by atoms with Gasteiger partial charge in [-0.15, -0.1) is 0 Å². The largest absolute Gasteiger partial charge is 0.325 e. The van der Waals surface area contributed by atoms with E-state index in [-0.39, 0.29) is 24.2 Å². The molecule has 1 aliphatic heterocycles. The van der Waals surface area contributed by atoms with Crippen LogP contribution in [-0.4, -0.2) is 67.4 Å². The SMILES string of the molecule is Cc1ccc(NC(=O)CN2CCC(N(C)S(C)(=O)=O)CC2)cc1[N+](=O)[O-]. The molecule has 1 aromatic rings. The highest BCUT2D eigenvalue weighted by Crippen LogP contribution is 2.22. The minimum Gasteiger partial charge on any atom is -0.325 e. The van der Waals surface area contributed by atoms with E-state index in [1.165, 1.54) is 16.6 Å². The predicted octanol–water partition coefficient (Wildman–Crippen LogP) is 1.20. The van der Waals surface area contributed by atoms with Gasteiger partial charge in [0.25, 0.3) is 5.69 Å². The summed E-state index contributed by atoms with van der Waals surface area (Å²) in [7, 11) is -1.64. The van der Waals surface area contributed by atoms with Crippen molar-refractivity contribution in [1.82, 2.24) is 9.21 Å². The lowest BCUT2D eigenvalue weighted by Crippen LogP contribution is -2.47. The van der Waals surface area contributed by atoms with E-state index in [0.717, 1.165) is 0 Å². The number of carbonyl (C=O) groups excluding carboxylic acids is 1. The topological polar surface area (TPSA) is 113 Å². The lowest BCUT2D eigenvalue weighted by Gasteiger charge is -2.35. The monoisotopic (exact) mass is 384 g/mol. The van der Waals surface area contributed by atoms with Gasteiger partial charge in [-0.3, -0.25) is 19.8 Å². The maximum atomic E-state index is 12.2. The van der Waals surface area contributed by atoms with E-state index in [4.69, 9.17) is 0 Å². The van der Waals surface area contributed by atoms with Crippen LogP contribution in [0, 0.1) is 17.0 Å². The second-order valence-corrected chi connectivity index (χ2v) is 8.64. The zero-order valence-electron chi connectivity index (χ0n) is 15.1. The first-order valence-corrected chi connectivity index (χ1v) is 10.1. The van der Waals surface area contributed by atoms with Crippen molar-refractivity contribution in [3.8, 4) is 0 Å². The number of carbonyl (C=O) groups is 1. The highest BCUT2D eigenvalue weighted by Gasteiger charge is 2.27. The molecule has 0 atom stereocenters. The van der Waals surface area contributed by atoms with Crippen molar-refractivity contribution >= 4 is 27.3 Å². The second kappa shape index (κ2) is 8.11. The van der Waals surface area contributed by atoms with Gasteiger partial charge in [-0.2, -0.15) is 0 Å². The molecule has 1 amide bonds. The first kappa shape index (κ1) is 20.3. The summed E-state index contributed by atoms with van der Waals surface area (Å²) < 4.78 is 24.6. The van der Waals surface area contributed by atoms with E-state index in [0.29, 0.717) is 37.2 Å². The molecule has 1 saturated heterocycles. The van der Waals surface area contributed by atoms with Crippen molar-refractivity contribution in [1.29, 1.82) is 0 Å². The van der Waals surface area contributed by atoms with Crippen molar-refractivity contribution in [3.05, 3.63) is 33.9 Å². The van der Waals surface area contributed by atoms with Gasteiger partial charge in [-0.1, -0.05) is 6.07 Å². The Morgan fingerprint density at radius 2 is 2.00 bits per heavy atom. The maximum Gasteiger partial charge on any atom is 0.274 e. The number of sulfonamides is 1. The average Bonchev–Trinajstić information content (AvgIpc) is 2.55. The molecule has 0 spiro atoms. The van der Waals surface area contributed by atoms with Gasteiger partial charge in [0, 0.05) is 43.5 Å². The van der Waals surface area contributed by atoms with Crippen molar-refractivity contribution in [2.24, 2.45) is 0 Å². The zero-order chi connectivity index (χ0) is 19.5. The summed E-state index contributed by atoms with van der Waals surface area (Å²) in [5.74, 6) is -0.252. The van der Waals surface area contributed by atoms with Crippen LogP contribution in [0.25, 0.3) is 0 Å². The standard InChI is InChI=1S/C16H24N4O5S/c1-12-4-5-13(10-15(12)20(22)23)17-16(21)11-19-8-6-14(7-9-19)18(2)26(3,24)25/h4-5,10,14H,6-9,11H2,1-3H3,(H,17,21). The fourth-order valence-corrected chi connectivity index (χ4v) is 3.75. The molecule has 2 rings (SSSR count). The molecule has 1 heterocycles. The molecule has 0 radical (unpaired) electrons. The first-order chi connectivity index (χ1) is 12.1. The lowest BCUT2D eigenvalue weighted by molar-refractivity contribution is -0.385. The Hall–Kier alpha value is -2.04. The molecular formula is C16H24N4O5S. The number of nitrogens with one attached hydrogen (secondary N) is 1. The smallest absolute Gasteiger partial charge is 0.274 e. The number of hydrogen-bond donors (Lipinski definition) is 1. The number of nitro groups is 1. The van der Waals surface area contributed by atoms with Crippen LogP contribution in [0.2, 0.25) is 0 Å². The number of anilines is 1. The van der Waals surface area contributed by atoms with E-state index < -0.39 is 14.9 Å². The third-order valence-corrected chi connectivity index (χ3v) is 6.00. The molecule has 0 saturated carbocycles. The molecule has 0 unspecified atom stereocenters. The van der Waals surface area contributed by atoms with Crippen LogP contribution in [-0.2, 0) is 14.8 Å². The Bertz CT molecular complexity index is 788. The fraction of sp³-hybridized carbons (Fsp3) is 0.562. The van der Waals surface area contributed by atoms with Crippen LogP contribution in [0.1, 0.15) is 18.4 Å². The third kappa shape index (κ3) is 5.23. The van der Waals surface area contributed by atoms with Gasteiger partial charge >= 0.3 is 0 Å². The van der Waals surface area contributed by atoms with E-state index in [1.807, 2.05) is 4.90 Å². The number of rotatable bonds is 6. The molecule has 0 bridgehead atoms. The molecule has 0 aromatic heterocycles. The van der Waals surface area contributed by atoms with Crippen LogP contribution in [0.4, 0.5) is 11.4 Å². The highest BCUT2D eigenvalue weighted by molar-refractivity contribution is 7.88. The summed E-state index contributed by atoms with van der Waals surface area (Å²) in [6, 6.07) is 4.53. The Kier molecular flexibility index (Phi) is 6.32. The minimum atomic E-state index is -3.22. The van der Waals surface area contributed by atoms with Crippen LogP contribution < -0.4 is 5.32 Å². The number of nitrogens with zero attached hydrogens (tertiary/aromatic N) is 3. The highest BCUT2D eigenvalue weighted by atomic mass is 32.2. The van der Waals surface area contributed by atoms with Gasteiger partial charge in [-0.05, 0) is 25.8 Å². The lowest BCUT2D eigenvalue weighted by atomic mass is 10.1. The molecule has 1 fully saturated rings. The van der Waals surface area contributed by atoms with Gasteiger partial charge < -0.3 is 5.32 Å². The quantitative estimate of drug-likeness (QED) is 0.582. The van der Waals surface area contributed by atoms with Crippen LogP contribution in [0.3, 0.4) is 0 Å². The molecule has 1 aliphatic rings.